The second-order valence-corrected chi connectivity index (χ2v) is 5.93. The number of nitrogens with zero attached hydrogens (tertiary/aromatic N) is 2. The second kappa shape index (κ2) is 8.60. The molecule has 0 aliphatic heterocycles. The Morgan fingerprint density at radius 3 is 2.57 bits per heavy atom. The molecule has 138 valence electrons. The molecule has 0 heterocycles. The summed E-state index contributed by atoms with van der Waals surface area (Å²) in [4.78, 5) is 10.5. The number of nitro benzene ring substituents is 1. The van der Waals surface area contributed by atoms with Crippen LogP contribution in [0.5, 0.6) is 5.75 Å². The minimum Gasteiger partial charge on any atom is -0.488 e. The van der Waals surface area contributed by atoms with E-state index >= 15 is 0 Å². The highest BCUT2D eigenvalue weighted by Gasteiger charge is 2.10. The van der Waals surface area contributed by atoms with Gasteiger partial charge in [0.05, 0.1) is 16.6 Å². The van der Waals surface area contributed by atoms with Crippen molar-refractivity contribution >= 4 is 17.3 Å². The predicted octanol–water partition coefficient (Wildman–Crippen LogP) is 5.38. The zero-order valence-electron chi connectivity index (χ0n) is 14.7. The summed E-state index contributed by atoms with van der Waals surface area (Å²) in [5, 5.41) is 20.5. The monoisotopic (exact) mass is 374 g/mol. The molecule has 0 saturated heterocycles. The van der Waals surface area contributed by atoms with Gasteiger partial charge in [-0.1, -0.05) is 42.5 Å². The molecule has 0 amide bonds. The van der Waals surface area contributed by atoms with E-state index in [1.54, 1.807) is 48.5 Å². The average molecular weight is 374 g/mol. The topological polar surface area (TPSA) is 76.2 Å². The molecule has 0 fully saturated rings. The third-order valence-corrected chi connectivity index (χ3v) is 4.01. The molecule has 0 aliphatic carbocycles. The quantitative estimate of drug-likeness (QED) is 0.251. The summed E-state index contributed by atoms with van der Waals surface area (Å²) in [7, 11) is 0. The Kier molecular flexibility index (Phi) is 5.78. The minimum atomic E-state index is -0.502. The number of nitro groups is 1. The number of non-ortho nitro benzene ring substituents is 1. The number of halogens is 1. The van der Waals surface area contributed by atoms with Crippen LogP contribution in [0.25, 0.3) is 11.6 Å². The molecule has 28 heavy (non-hydrogen) atoms. The summed E-state index contributed by atoms with van der Waals surface area (Å²) in [6.07, 6.45) is 1.62. The third-order valence-electron chi connectivity index (χ3n) is 4.01. The number of para-hydroxylation sites is 1. The molecule has 0 N–H and O–H groups in total. The maximum atomic E-state index is 13.0. The van der Waals surface area contributed by atoms with Gasteiger partial charge in [-0.3, -0.25) is 10.1 Å². The fourth-order valence-electron chi connectivity index (χ4n) is 2.60. The number of hydrogen-bond donors (Lipinski definition) is 0. The first kappa shape index (κ1) is 18.8. The molecule has 0 unspecified atom stereocenters. The van der Waals surface area contributed by atoms with E-state index in [-0.39, 0.29) is 23.7 Å². The molecule has 6 heteroatoms. The van der Waals surface area contributed by atoms with Crippen LogP contribution in [0.1, 0.15) is 16.7 Å². The number of hydrogen-bond acceptors (Lipinski definition) is 4. The second-order valence-electron chi connectivity index (χ2n) is 5.93. The zero-order chi connectivity index (χ0) is 19.9. The predicted molar refractivity (Wildman–Crippen MR) is 104 cm³/mol. The number of rotatable bonds is 6. The summed E-state index contributed by atoms with van der Waals surface area (Å²) in [6.45, 7) is 0.240. The van der Waals surface area contributed by atoms with Crippen molar-refractivity contribution in [1.82, 2.24) is 0 Å². The molecule has 0 saturated carbocycles. The Morgan fingerprint density at radius 1 is 1.11 bits per heavy atom. The lowest BCUT2D eigenvalue weighted by molar-refractivity contribution is -0.384. The molecular formula is C22H15FN2O3. The van der Waals surface area contributed by atoms with Gasteiger partial charge in [0.2, 0.25) is 0 Å². The van der Waals surface area contributed by atoms with E-state index in [1.165, 1.54) is 30.3 Å². The average Bonchev–Trinajstić information content (AvgIpc) is 2.72. The van der Waals surface area contributed by atoms with Gasteiger partial charge in [0.1, 0.15) is 18.2 Å². The summed E-state index contributed by atoms with van der Waals surface area (Å²) in [5.41, 5.74) is 2.11. The van der Waals surface area contributed by atoms with E-state index in [4.69, 9.17) is 4.74 Å². The highest BCUT2D eigenvalue weighted by molar-refractivity contribution is 5.91. The fourth-order valence-corrected chi connectivity index (χ4v) is 2.60. The zero-order valence-corrected chi connectivity index (χ0v) is 14.7. The third kappa shape index (κ3) is 4.59. The molecule has 3 rings (SSSR count). The van der Waals surface area contributed by atoms with Gasteiger partial charge in [0, 0.05) is 17.7 Å². The van der Waals surface area contributed by atoms with Crippen LogP contribution in [0, 0.1) is 27.3 Å². The van der Waals surface area contributed by atoms with Crippen molar-refractivity contribution in [3.63, 3.8) is 0 Å². The van der Waals surface area contributed by atoms with Gasteiger partial charge in [-0.25, -0.2) is 4.39 Å². The summed E-state index contributed by atoms with van der Waals surface area (Å²) in [5.74, 6) is 0.229. The van der Waals surface area contributed by atoms with Gasteiger partial charge in [-0.05, 0) is 35.4 Å². The normalized spacial score (nSPS) is 10.9. The molecule has 0 bridgehead atoms. The van der Waals surface area contributed by atoms with Crippen molar-refractivity contribution in [3.8, 4) is 11.8 Å². The lowest BCUT2D eigenvalue weighted by Crippen LogP contribution is -1.97. The van der Waals surface area contributed by atoms with Crippen molar-refractivity contribution < 1.29 is 14.1 Å². The maximum Gasteiger partial charge on any atom is 0.270 e. The van der Waals surface area contributed by atoms with Crippen molar-refractivity contribution in [3.05, 3.63) is 105 Å². The summed E-state index contributed by atoms with van der Waals surface area (Å²) < 4.78 is 18.8. The molecule has 3 aromatic carbocycles. The van der Waals surface area contributed by atoms with Crippen LogP contribution in [0.3, 0.4) is 0 Å². The molecule has 0 aliphatic rings. The largest absolute Gasteiger partial charge is 0.488 e. The molecular weight excluding hydrogens is 359 g/mol. The SMILES string of the molecule is N#CC(=Cc1ccccc1OCc1ccc(F)cc1)c1cccc([N+](=O)[O-])c1. The molecule has 3 aromatic rings. The van der Waals surface area contributed by atoms with E-state index in [0.717, 1.165) is 5.56 Å². The molecule has 0 radical (unpaired) electrons. The molecule has 5 nitrogen and oxygen atoms in total. The standard InChI is InChI=1S/C22H15FN2O3/c23-20-10-8-16(9-11-20)15-28-22-7-2-1-4-18(22)12-19(14-24)17-5-3-6-21(13-17)25(26)27/h1-13H,15H2. The summed E-state index contributed by atoms with van der Waals surface area (Å²) >= 11 is 0. The van der Waals surface area contributed by atoms with Crippen molar-refractivity contribution in [2.24, 2.45) is 0 Å². The molecule has 0 spiro atoms. The lowest BCUT2D eigenvalue weighted by atomic mass is 10.0. The highest BCUT2D eigenvalue weighted by Crippen LogP contribution is 2.27. The summed E-state index contributed by atoms with van der Waals surface area (Å²) in [6, 6.07) is 21.1. The van der Waals surface area contributed by atoms with Gasteiger partial charge in [0.25, 0.3) is 5.69 Å². The number of benzene rings is 3. The van der Waals surface area contributed by atoms with Gasteiger partial charge in [0.15, 0.2) is 0 Å². The van der Waals surface area contributed by atoms with Crippen LogP contribution >= 0.6 is 0 Å². The highest BCUT2D eigenvalue weighted by atomic mass is 19.1. The lowest BCUT2D eigenvalue weighted by Gasteiger charge is -2.10. The van der Waals surface area contributed by atoms with Gasteiger partial charge >= 0.3 is 0 Å². The van der Waals surface area contributed by atoms with E-state index in [9.17, 15) is 19.8 Å². The van der Waals surface area contributed by atoms with Crippen molar-refractivity contribution in [1.29, 1.82) is 5.26 Å². The number of ether oxygens (including phenoxy) is 1. The van der Waals surface area contributed by atoms with Crippen LogP contribution in [0.4, 0.5) is 10.1 Å². The van der Waals surface area contributed by atoms with E-state index in [0.29, 0.717) is 16.9 Å². The Labute approximate surface area is 161 Å². The molecule has 0 aromatic heterocycles. The van der Waals surface area contributed by atoms with Gasteiger partial charge in [-0.15, -0.1) is 0 Å². The Balaban J connectivity index is 1.88. The Morgan fingerprint density at radius 2 is 1.86 bits per heavy atom. The van der Waals surface area contributed by atoms with Crippen LogP contribution in [-0.4, -0.2) is 4.92 Å². The number of nitriles is 1. The van der Waals surface area contributed by atoms with Crippen LogP contribution in [0.15, 0.2) is 72.8 Å². The van der Waals surface area contributed by atoms with Crippen LogP contribution in [0.2, 0.25) is 0 Å². The van der Waals surface area contributed by atoms with Crippen LogP contribution < -0.4 is 4.74 Å². The maximum absolute atomic E-state index is 13.0. The fraction of sp³-hybridized carbons (Fsp3) is 0.0455. The van der Waals surface area contributed by atoms with Crippen molar-refractivity contribution in [2.45, 2.75) is 6.61 Å². The van der Waals surface area contributed by atoms with E-state index in [2.05, 4.69) is 6.07 Å². The van der Waals surface area contributed by atoms with E-state index < -0.39 is 4.92 Å². The van der Waals surface area contributed by atoms with Crippen LogP contribution in [-0.2, 0) is 6.61 Å². The number of allylic oxidation sites excluding steroid dienone is 1. The van der Waals surface area contributed by atoms with Gasteiger partial charge < -0.3 is 4.74 Å². The smallest absolute Gasteiger partial charge is 0.270 e. The Bertz CT molecular complexity index is 1070. The first-order valence-electron chi connectivity index (χ1n) is 8.40. The minimum absolute atomic E-state index is 0.0838. The van der Waals surface area contributed by atoms with Gasteiger partial charge in [-0.2, -0.15) is 5.26 Å². The Hall–Kier alpha value is -3.98. The van der Waals surface area contributed by atoms with E-state index in [1.807, 2.05) is 0 Å². The first-order valence-corrected chi connectivity index (χ1v) is 8.40. The first-order chi connectivity index (χ1) is 13.6. The molecule has 0 atom stereocenters. The van der Waals surface area contributed by atoms with Crippen molar-refractivity contribution in [2.75, 3.05) is 0 Å².